The largest absolute Gasteiger partial charge is 0.396 e. The number of rotatable bonds is 5. The van der Waals surface area contributed by atoms with Crippen molar-refractivity contribution in [3.05, 3.63) is 29.3 Å². The molecule has 17 heavy (non-hydrogen) atoms. The topological polar surface area (TPSA) is 78.0 Å². The molecular weight excluding hydrogens is 238 g/mol. The number of H-pyrrole nitrogens is 1. The van der Waals surface area contributed by atoms with Crippen LogP contribution in [-0.2, 0) is 0 Å². The molecule has 0 spiro atoms. The minimum absolute atomic E-state index is 0.0707. The van der Waals surface area contributed by atoms with Crippen molar-refractivity contribution >= 4 is 17.2 Å². The number of thiophene rings is 1. The molecule has 0 unspecified atom stereocenters. The molecule has 0 atom stereocenters. The number of nitrogens with zero attached hydrogens (tertiary/aromatic N) is 1. The van der Waals surface area contributed by atoms with Gasteiger partial charge in [-0.3, -0.25) is 9.89 Å². The molecular formula is C11H13N3O2S. The molecule has 6 heteroatoms. The first kappa shape index (κ1) is 11.8. The van der Waals surface area contributed by atoms with Gasteiger partial charge in [0.1, 0.15) is 0 Å². The predicted octanol–water partition coefficient (Wildman–Crippen LogP) is 1.25. The second-order valence-corrected chi connectivity index (χ2v) is 4.42. The second kappa shape index (κ2) is 5.60. The molecule has 2 aromatic heterocycles. The van der Waals surface area contributed by atoms with Gasteiger partial charge >= 0.3 is 0 Å². The van der Waals surface area contributed by atoms with Crippen LogP contribution in [0.4, 0.5) is 0 Å². The maximum Gasteiger partial charge on any atom is 0.271 e. The highest BCUT2D eigenvalue weighted by Gasteiger charge is 2.10. The van der Waals surface area contributed by atoms with Gasteiger partial charge in [0.2, 0.25) is 0 Å². The molecule has 5 nitrogen and oxygen atoms in total. The second-order valence-electron chi connectivity index (χ2n) is 3.48. The van der Waals surface area contributed by atoms with E-state index in [0.29, 0.717) is 18.7 Å². The third-order valence-electron chi connectivity index (χ3n) is 2.22. The number of carbonyl (C=O) groups is 1. The van der Waals surface area contributed by atoms with Crippen LogP contribution in [0.25, 0.3) is 10.6 Å². The van der Waals surface area contributed by atoms with Crippen molar-refractivity contribution in [3.8, 4) is 10.6 Å². The summed E-state index contributed by atoms with van der Waals surface area (Å²) in [6.45, 7) is 0.526. The summed E-state index contributed by atoms with van der Waals surface area (Å²) in [5.74, 6) is -0.225. The molecule has 90 valence electrons. The number of aliphatic hydroxyl groups excluding tert-OH is 1. The van der Waals surface area contributed by atoms with Crippen molar-refractivity contribution in [1.29, 1.82) is 0 Å². The summed E-state index contributed by atoms with van der Waals surface area (Å²) in [4.78, 5) is 12.7. The van der Waals surface area contributed by atoms with E-state index in [1.54, 1.807) is 17.4 Å². The lowest BCUT2D eigenvalue weighted by Crippen LogP contribution is -2.25. The molecule has 0 saturated heterocycles. The Hall–Kier alpha value is -1.66. The normalized spacial score (nSPS) is 10.4. The van der Waals surface area contributed by atoms with Gasteiger partial charge in [0.15, 0.2) is 5.69 Å². The van der Waals surface area contributed by atoms with E-state index in [9.17, 15) is 4.79 Å². The summed E-state index contributed by atoms with van der Waals surface area (Å²) in [7, 11) is 0. The fourth-order valence-electron chi connectivity index (χ4n) is 1.37. The lowest BCUT2D eigenvalue weighted by Gasteiger charge is -1.99. The number of nitrogens with one attached hydrogen (secondary N) is 2. The van der Waals surface area contributed by atoms with E-state index in [-0.39, 0.29) is 12.5 Å². The monoisotopic (exact) mass is 251 g/mol. The SMILES string of the molecule is O=C(NCCCO)c1cc(-c2cccs2)[nH]n1. The van der Waals surface area contributed by atoms with E-state index in [4.69, 9.17) is 5.11 Å². The van der Waals surface area contributed by atoms with Crippen LogP contribution in [0.5, 0.6) is 0 Å². The zero-order chi connectivity index (χ0) is 12.1. The first-order valence-electron chi connectivity index (χ1n) is 5.29. The Morgan fingerprint density at radius 3 is 3.18 bits per heavy atom. The summed E-state index contributed by atoms with van der Waals surface area (Å²) in [5.41, 5.74) is 1.21. The van der Waals surface area contributed by atoms with Crippen molar-refractivity contribution < 1.29 is 9.90 Å². The van der Waals surface area contributed by atoms with Gasteiger partial charge in [0.25, 0.3) is 5.91 Å². The Balaban J connectivity index is 2.01. The van der Waals surface area contributed by atoms with Gasteiger partial charge in [0.05, 0.1) is 10.6 Å². The standard InChI is InChI=1S/C11H13N3O2S/c15-5-2-4-12-11(16)9-7-8(13-14-9)10-3-1-6-17-10/h1,3,6-7,15H,2,4-5H2,(H,12,16)(H,13,14). The van der Waals surface area contributed by atoms with Crippen LogP contribution >= 0.6 is 11.3 Å². The number of hydrogen-bond acceptors (Lipinski definition) is 4. The third kappa shape index (κ3) is 2.92. The number of aromatic nitrogens is 2. The number of aromatic amines is 1. The maximum absolute atomic E-state index is 11.6. The van der Waals surface area contributed by atoms with E-state index in [2.05, 4.69) is 15.5 Å². The van der Waals surface area contributed by atoms with Crippen LogP contribution in [0.3, 0.4) is 0 Å². The molecule has 0 aromatic carbocycles. The van der Waals surface area contributed by atoms with Gasteiger partial charge in [0, 0.05) is 13.2 Å². The van der Waals surface area contributed by atoms with Crippen LogP contribution in [0.15, 0.2) is 23.6 Å². The minimum atomic E-state index is -0.225. The molecule has 0 radical (unpaired) electrons. The van der Waals surface area contributed by atoms with Crippen molar-refractivity contribution in [2.45, 2.75) is 6.42 Å². The zero-order valence-corrected chi connectivity index (χ0v) is 9.96. The molecule has 1 amide bonds. The summed E-state index contributed by atoms with van der Waals surface area (Å²) >= 11 is 1.59. The number of carbonyl (C=O) groups excluding carboxylic acids is 1. The number of amides is 1. The van der Waals surface area contributed by atoms with E-state index >= 15 is 0 Å². The first-order chi connectivity index (χ1) is 8.31. The molecule has 2 rings (SSSR count). The Bertz CT molecular complexity index is 479. The van der Waals surface area contributed by atoms with Crippen molar-refractivity contribution in [1.82, 2.24) is 15.5 Å². The van der Waals surface area contributed by atoms with Gasteiger partial charge in [-0.15, -0.1) is 11.3 Å². The molecule has 0 bridgehead atoms. The zero-order valence-electron chi connectivity index (χ0n) is 9.14. The van der Waals surface area contributed by atoms with Gasteiger partial charge in [-0.25, -0.2) is 0 Å². The van der Waals surface area contributed by atoms with Gasteiger partial charge in [-0.1, -0.05) is 6.07 Å². The van der Waals surface area contributed by atoms with E-state index in [1.807, 2.05) is 17.5 Å². The Morgan fingerprint density at radius 1 is 1.59 bits per heavy atom. The lowest BCUT2D eigenvalue weighted by atomic mass is 10.3. The summed E-state index contributed by atoms with van der Waals surface area (Å²) in [5, 5.41) is 20.0. The minimum Gasteiger partial charge on any atom is -0.396 e. The summed E-state index contributed by atoms with van der Waals surface area (Å²) in [6, 6.07) is 5.63. The molecule has 0 aliphatic heterocycles. The van der Waals surface area contributed by atoms with Gasteiger partial charge in [-0.2, -0.15) is 5.10 Å². The van der Waals surface area contributed by atoms with Crippen molar-refractivity contribution in [3.63, 3.8) is 0 Å². The first-order valence-corrected chi connectivity index (χ1v) is 6.17. The molecule has 3 N–H and O–H groups in total. The van der Waals surface area contributed by atoms with E-state index in [1.165, 1.54) is 0 Å². The van der Waals surface area contributed by atoms with E-state index < -0.39 is 0 Å². The van der Waals surface area contributed by atoms with Crippen LogP contribution in [0, 0.1) is 0 Å². The Labute approximate surface area is 102 Å². The number of hydrogen-bond donors (Lipinski definition) is 3. The fourth-order valence-corrected chi connectivity index (χ4v) is 2.06. The van der Waals surface area contributed by atoms with Crippen molar-refractivity contribution in [2.24, 2.45) is 0 Å². The molecule has 0 aliphatic rings. The maximum atomic E-state index is 11.6. The van der Waals surface area contributed by atoms with Crippen LogP contribution in [0.1, 0.15) is 16.9 Å². The highest BCUT2D eigenvalue weighted by atomic mass is 32.1. The van der Waals surface area contributed by atoms with E-state index in [0.717, 1.165) is 10.6 Å². The molecule has 0 aliphatic carbocycles. The summed E-state index contributed by atoms with van der Waals surface area (Å²) < 4.78 is 0. The lowest BCUT2D eigenvalue weighted by molar-refractivity contribution is 0.0946. The van der Waals surface area contributed by atoms with Gasteiger partial charge < -0.3 is 10.4 Å². The smallest absolute Gasteiger partial charge is 0.271 e. The van der Waals surface area contributed by atoms with Gasteiger partial charge in [-0.05, 0) is 23.9 Å². The fraction of sp³-hybridized carbons (Fsp3) is 0.273. The number of aliphatic hydroxyl groups is 1. The average molecular weight is 251 g/mol. The predicted molar refractivity (Wildman–Crippen MR) is 65.9 cm³/mol. The molecule has 0 saturated carbocycles. The molecule has 2 heterocycles. The van der Waals surface area contributed by atoms with Crippen LogP contribution < -0.4 is 5.32 Å². The third-order valence-corrected chi connectivity index (χ3v) is 3.12. The Morgan fingerprint density at radius 2 is 2.47 bits per heavy atom. The van der Waals surface area contributed by atoms with Crippen LogP contribution in [-0.4, -0.2) is 34.4 Å². The quantitative estimate of drug-likeness (QED) is 0.700. The molecule has 0 fully saturated rings. The summed E-state index contributed by atoms with van der Waals surface area (Å²) in [6.07, 6.45) is 0.550. The highest BCUT2D eigenvalue weighted by Crippen LogP contribution is 2.22. The average Bonchev–Trinajstić information content (AvgIpc) is 3.00. The Kier molecular flexibility index (Phi) is 3.89. The highest BCUT2D eigenvalue weighted by molar-refractivity contribution is 7.13. The van der Waals surface area contributed by atoms with Crippen molar-refractivity contribution in [2.75, 3.05) is 13.2 Å². The molecule has 2 aromatic rings. The van der Waals surface area contributed by atoms with Crippen LogP contribution in [0.2, 0.25) is 0 Å².